The number of rotatable bonds is 16. The zero-order valence-electron chi connectivity index (χ0n) is 22.6. The molecule has 3 rings (SSSR count). The molecular weight excluding hydrogens is 462 g/mol. The number of unbranched alkanes of at least 4 members (excludes halogenated alkanes) is 9. The number of anilines is 1. The van der Waals surface area contributed by atoms with Crippen LogP contribution >= 0.6 is 0 Å². The molecule has 0 saturated heterocycles. The van der Waals surface area contributed by atoms with Crippen molar-refractivity contribution in [3.63, 3.8) is 0 Å². The van der Waals surface area contributed by atoms with Crippen LogP contribution in [0.25, 0.3) is 0 Å². The summed E-state index contributed by atoms with van der Waals surface area (Å²) in [5.41, 5.74) is 1.12. The van der Waals surface area contributed by atoms with Crippen molar-refractivity contribution in [3.8, 4) is 5.75 Å². The third kappa shape index (κ3) is 8.62. The Hall–Kier alpha value is -2.82. The van der Waals surface area contributed by atoms with Crippen molar-refractivity contribution >= 4 is 17.4 Å². The van der Waals surface area contributed by atoms with Crippen LogP contribution < -0.4 is 4.90 Å². The van der Waals surface area contributed by atoms with E-state index in [4.69, 9.17) is 0 Å². The van der Waals surface area contributed by atoms with Crippen LogP contribution in [0, 0.1) is 0 Å². The Morgan fingerprint density at radius 2 is 1.38 bits per heavy atom. The van der Waals surface area contributed by atoms with E-state index in [1.807, 2.05) is 6.07 Å². The van der Waals surface area contributed by atoms with E-state index < -0.39 is 11.8 Å². The number of hydrogen-bond donors (Lipinski definition) is 2. The van der Waals surface area contributed by atoms with E-state index in [-0.39, 0.29) is 22.4 Å². The van der Waals surface area contributed by atoms with Gasteiger partial charge < -0.3 is 15.1 Å². The monoisotopic (exact) mass is 507 g/mol. The molecule has 1 fully saturated rings. The van der Waals surface area contributed by atoms with Crippen molar-refractivity contribution in [1.82, 2.24) is 0 Å². The number of phenols is 1. The summed E-state index contributed by atoms with van der Waals surface area (Å²) in [5.74, 6) is -1.72. The second kappa shape index (κ2) is 15.4. The molecule has 0 amide bonds. The normalized spacial score (nSPS) is 14.0. The summed E-state index contributed by atoms with van der Waals surface area (Å²) in [5, 5.41) is 20.3. The van der Waals surface area contributed by atoms with Crippen LogP contribution in [0.1, 0.15) is 130 Å². The highest BCUT2D eigenvalue weighted by Crippen LogP contribution is 2.32. The number of nitrogens with zero attached hydrogens (tertiary/aromatic N) is 1. The van der Waals surface area contributed by atoms with Crippen LogP contribution in [0.15, 0.2) is 42.5 Å². The predicted octanol–water partition coefficient (Wildman–Crippen LogP) is 8.38. The van der Waals surface area contributed by atoms with Gasteiger partial charge >= 0.3 is 5.97 Å². The summed E-state index contributed by atoms with van der Waals surface area (Å²) in [6, 6.07) is 11.9. The molecule has 0 atom stereocenters. The fraction of sp³-hybridized carbons (Fsp3) is 0.562. The van der Waals surface area contributed by atoms with Gasteiger partial charge in [0.15, 0.2) is 5.78 Å². The lowest BCUT2D eigenvalue weighted by Crippen LogP contribution is -2.37. The minimum absolute atomic E-state index is 0.0548. The molecule has 0 radical (unpaired) electrons. The van der Waals surface area contributed by atoms with E-state index in [2.05, 4.69) is 11.8 Å². The number of aromatic carboxylic acids is 1. The number of hydrogen-bond acceptors (Lipinski definition) is 4. The Bertz CT molecular complexity index is 996. The first-order chi connectivity index (χ1) is 18.0. The van der Waals surface area contributed by atoms with Crippen LogP contribution in [-0.4, -0.2) is 34.6 Å². The quantitative estimate of drug-likeness (QED) is 0.176. The number of carbonyl (C=O) groups is 2. The zero-order chi connectivity index (χ0) is 26.5. The number of ketones is 1. The highest BCUT2D eigenvalue weighted by Gasteiger charge is 2.24. The van der Waals surface area contributed by atoms with E-state index in [0.29, 0.717) is 6.04 Å². The van der Waals surface area contributed by atoms with Crippen molar-refractivity contribution in [2.45, 2.75) is 109 Å². The number of aromatic hydroxyl groups is 1. The molecule has 1 aliphatic carbocycles. The SMILES string of the molecule is CCCCCCCCCCCCN(c1ccc(C(=O)c2ccccc2C(=O)O)c(O)c1)C1CCCCC1. The van der Waals surface area contributed by atoms with Gasteiger partial charge in [-0.2, -0.15) is 0 Å². The second-order valence-electron chi connectivity index (χ2n) is 10.5. The summed E-state index contributed by atoms with van der Waals surface area (Å²) in [6.07, 6.45) is 19.1. The second-order valence-corrected chi connectivity index (χ2v) is 10.5. The van der Waals surface area contributed by atoms with E-state index in [9.17, 15) is 19.8 Å². The molecule has 2 aromatic rings. The van der Waals surface area contributed by atoms with Gasteiger partial charge in [-0.05, 0) is 37.5 Å². The maximum Gasteiger partial charge on any atom is 0.336 e. The van der Waals surface area contributed by atoms with Crippen molar-refractivity contribution in [3.05, 3.63) is 59.2 Å². The molecule has 0 spiro atoms. The van der Waals surface area contributed by atoms with Gasteiger partial charge in [0, 0.05) is 29.9 Å². The molecule has 2 aromatic carbocycles. The Balaban J connectivity index is 1.63. The van der Waals surface area contributed by atoms with E-state index >= 15 is 0 Å². The lowest BCUT2D eigenvalue weighted by atomic mass is 9.93. The van der Waals surface area contributed by atoms with Gasteiger partial charge in [0.2, 0.25) is 0 Å². The average Bonchev–Trinajstić information content (AvgIpc) is 2.92. The molecular formula is C32H45NO4. The topological polar surface area (TPSA) is 77.8 Å². The van der Waals surface area contributed by atoms with Crippen molar-refractivity contribution in [2.75, 3.05) is 11.4 Å². The fourth-order valence-corrected chi connectivity index (χ4v) is 5.59. The van der Waals surface area contributed by atoms with E-state index in [1.54, 1.807) is 24.3 Å². The number of carbonyl (C=O) groups excluding carboxylic acids is 1. The summed E-state index contributed by atoms with van der Waals surface area (Å²) in [6.45, 7) is 3.21. The lowest BCUT2D eigenvalue weighted by molar-refractivity contribution is 0.0692. The molecule has 5 heteroatoms. The standard InChI is InChI=1S/C32H45NO4/c1-2-3-4-5-6-7-8-9-10-16-23-33(25-17-12-11-13-18-25)26-21-22-29(30(34)24-26)31(35)27-19-14-15-20-28(27)32(36)37/h14-15,19-22,24-25,34H,2-13,16-18,23H2,1H3,(H,36,37). The Kier molecular flexibility index (Phi) is 12.0. The van der Waals surface area contributed by atoms with Gasteiger partial charge in [-0.25, -0.2) is 4.79 Å². The number of carboxylic acid groups (broad SMARTS) is 1. The molecule has 1 aliphatic rings. The minimum Gasteiger partial charge on any atom is -0.507 e. The maximum absolute atomic E-state index is 13.1. The smallest absolute Gasteiger partial charge is 0.336 e. The van der Waals surface area contributed by atoms with E-state index in [0.717, 1.165) is 31.5 Å². The van der Waals surface area contributed by atoms with Crippen LogP contribution in [0.2, 0.25) is 0 Å². The van der Waals surface area contributed by atoms with Gasteiger partial charge in [0.05, 0.1) is 11.1 Å². The average molecular weight is 508 g/mol. The van der Waals surface area contributed by atoms with Crippen molar-refractivity contribution in [2.24, 2.45) is 0 Å². The summed E-state index contributed by atoms with van der Waals surface area (Å²) in [4.78, 5) is 27.1. The molecule has 202 valence electrons. The van der Waals surface area contributed by atoms with E-state index in [1.165, 1.54) is 89.2 Å². The Morgan fingerprint density at radius 1 is 0.784 bits per heavy atom. The number of phenolic OH excluding ortho intramolecular Hbond substituents is 1. The van der Waals surface area contributed by atoms with Gasteiger partial charge in [-0.1, -0.05) is 102 Å². The molecule has 37 heavy (non-hydrogen) atoms. The lowest BCUT2D eigenvalue weighted by Gasteiger charge is -2.36. The molecule has 0 aliphatic heterocycles. The van der Waals surface area contributed by atoms with Crippen LogP contribution in [-0.2, 0) is 0 Å². The minimum atomic E-state index is -1.15. The Morgan fingerprint density at radius 3 is 1.97 bits per heavy atom. The highest BCUT2D eigenvalue weighted by atomic mass is 16.4. The first-order valence-electron chi connectivity index (χ1n) is 14.5. The first-order valence-corrected chi connectivity index (χ1v) is 14.5. The third-order valence-corrected chi connectivity index (χ3v) is 7.73. The summed E-state index contributed by atoms with van der Waals surface area (Å²) >= 11 is 0. The van der Waals surface area contributed by atoms with Crippen LogP contribution in [0.5, 0.6) is 5.75 Å². The van der Waals surface area contributed by atoms with Gasteiger partial charge in [0.25, 0.3) is 0 Å². The molecule has 0 heterocycles. The maximum atomic E-state index is 13.1. The van der Waals surface area contributed by atoms with Crippen molar-refractivity contribution in [1.29, 1.82) is 0 Å². The molecule has 0 aromatic heterocycles. The first kappa shape index (κ1) is 28.7. The third-order valence-electron chi connectivity index (χ3n) is 7.73. The van der Waals surface area contributed by atoms with Crippen molar-refractivity contribution < 1.29 is 19.8 Å². The molecule has 1 saturated carbocycles. The predicted molar refractivity (Wildman–Crippen MR) is 151 cm³/mol. The molecule has 5 nitrogen and oxygen atoms in total. The zero-order valence-corrected chi connectivity index (χ0v) is 22.6. The number of benzene rings is 2. The van der Waals surface area contributed by atoms with Gasteiger partial charge in [0.1, 0.15) is 5.75 Å². The number of carboxylic acids is 1. The Labute approximate surface area is 222 Å². The van der Waals surface area contributed by atoms with Gasteiger partial charge in [-0.3, -0.25) is 4.79 Å². The van der Waals surface area contributed by atoms with Crippen LogP contribution in [0.3, 0.4) is 0 Å². The highest BCUT2D eigenvalue weighted by molar-refractivity contribution is 6.15. The molecule has 0 unspecified atom stereocenters. The largest absolute Gasteiger partial charge is 0.507 e. The summed E-state index contributed by atoms with van der Waals surface area (Å²) < 4.78 is 0. The van der Waals surface area contributed by atoms with Crippen LogP contribution in [0.4, 0.5) is 5.69 Å². The summed E-state index contributed by atoms with van der Waals surface area (Å²) in [7, 11) is 0. The molecule has 0 bridgehead atoms. The fourth-order valence-electron chi connectivity index (χ4n) is 5.59. The molecule has 2 N–H and O–H groups in total. The van der Waals surface area contributed by atoms with Gasteiger partial charge in [-0.15, -0.1) is 0 Å².